The van der Waals surface area contributed by atoms with Crippen LogP contribution in [0.2, 0.25) is 5.02 Å². The molecule has 98 valence electrons. The molecule has 0 fully saturated rings. The summed E-state index contributed by atoms with van der Waals surface area (Å²) in [6, 6.07) is 11.5. The maximum Gasteiger partial charge on any atom is 0.172 e. The van der Waals surface area contributed by atoms with Gasteiger partial charge < -0.3 is 10.6 Å². The molecule has 5 heteroatoms. The molecule has 1 aromatic carbocycles. The van der Waals surface area contributed by atoms with Gasteiger partial charge in [-0.3, -0.25) is 0 Å². The van der Waals surface area contributed by atoms with Crippen molar-refractivity contribution in [3.05, 3.63) is 58.7 Å². The fraction of sp³-hybridized carbons (Fsp3) is 0.143. The molecule has 0 saturated heterocycles. The zero-order chi connectivity index (χ0) is 13.7. The molecule has 2 rings (SSSR count). The monoisotopic (exact) mass is 291 g/mol. The van der Waals surface area contributed by atoms with Gasteiger partial charge in [-0.15, -0.1) is 0 Å². The van der Waals surface area contributed by atoms with Gasteiger partial charge in [-0.1, -0.05) is 29.8 Å². The van der Waals surface area contributed by atoms with E-state index < -0.39 is 0 Å². The van der Waals surface area contributed by atoms with Crippen LogP contribution >= 0.6 is 23.8 Å². The zero-order valence-corrected chi connectivity index (χ0v) is 12.1. The lowest BCUT2D eigenvalue weighted by Gasteiger charge is -2.10. The molecule has 2 aromatic rings. The molecule has 0 amide bonds. The molecule has 0 saturated carbocycles. The fourth-order valence-corrected chi connectivity index (χ4v) is 1.79. The molecular weight excluding hydrogens is 278 g/mol. The number of nitrogens with one attached hydrogen (secondary N) is 2. The van der Waals surface area contributed by atoms with Gasteiger partial charge in [0.05, 0.1) is 0 Å². The number of halogens is 1. The van der Waals surface area contributed by atoms with Crippen LogP contribution in [0.25, 0.3) is 0 Å². The van der Waals surface area contributed by atoms with Gasteiger partial charge in [0.2, 0.25) is 0 Å². The summed E-state index contributed by atoms with van der Waals surface area (Å²) in [6.07, 6.45) is 1.80. The number of aromatic nitrogens is 1. The third-order valence-electron chi connectivity index (χ3n) is 2.52. The van der Waals surface area contributed by atoms with Crippen molar-refractivity contribution in [1.82, 2.24) is 10.3 Å². The van der Waals surface area contributed by atoms with Gasteiger partial charge in [-0.05, 0) is 48.5 Å². The topological polar surface area (TPSA) is 37.0 Å². The molecule has 0 radical (unpaired) electrons. The van der Waals surface area contributed by atoms with Crippen LogP contribution in [-0.2, 0) is 6.54 Å². The number of thiocarbonyl (C=S) groups is 1. The minimum Gasteiger partial charge on any atom is -0.358 e. The van der Waals surface area contributed by atoms with Crippen LogP contribution in [0.15, 0.2) is 42.6 Å². The minimum absolute atomic E-state index is 0.548. The van der Waals surface area contributed by atoms with Gasteiger partial charge in [0.25, 0.3) is 0 Å². The van der Waals surface area contributed by atoms with E-state index in [9.17, 15) is 0 Å². The van der Waals surface area contributed by atoms with E-state index in [1.165, 1.54) is 0 Å². The Hall–Kier alpha value is -1.65. The molecule has 1 heterocycles. The van der Waals surface area contributed by atoms with Crippen molar-refractivity contribution in [2.24, 2.45) is 0 Å². The Balaban J connectivity index is 1.84. The van der Waals surface area contributed by atoms with E-state index in [4.69, 9.17) is 23.8 Å². The Morgan fingerprint density at radius 1 is 1.21 bits per heavy atom. The number of aryl methyl sites for hydroxylation is 1. The summed E-state index contributed by atoms with van der Waals surface area (Å²) in [6.45, 7) is 2.64. The molecule has 0 atom stereocenters. The van der Waals surface area contributed by atoms with Gasteiger partial charge in [-0.25, -0.2) is 4.98 Å². The largest absolute Gasteiger partial charge is 0.358 e. The lowest BCUT2D eigenvalue weighted by atomic mass is 10.2. The zero-order valence-electron chi connectivity index (χ0n) is 10.5. The number of pyridine rings is 1. The second-order valence-corrected chi connectivity index (χ2v) is 5.00. The normalized spacial score (nSPS) is 10.0. The number of hydrogen-bond acceptors (Lipinski definition) is 2. The van der Waals surface area contributed by atoms with Crippen molar-refractivity contribution in [2.75, 3.05) is 5.32 Å². The van der Waals surface area contributed by atoms with Crippen molar-refractivity contribution in [3.63, 3.8) is 0 Å². The molecule has 19 heavy (non-hydrogen) atoms. The van der Waals surface area contributed by atoms with Crippen molar-refractivity contribution < 1.29 is 0 Å². The van der Waals surface area contributed by atoms with Crippen LogP contribution in [0.5, 0.6) is 0 Å². The lowest BCUT2D eigenvalue weighted by Crippen LogP contribution is -2.28. The third kappa shape index (κ3) is 4.50. The molecule has 0 spiro atoms. The Morgan fingerprint density at radius 2 is 1.95 bits per heavy atom. The third-order valence-corrected chi connectivity index (χ3v) is 3.02. The first kappa shape index (κ1) is 13.8. The first-order chi connectivity index (χ1) is 9.13. The molecule has 0 aliphatic rings. The van der Waals surface area contributed by atoms with Crippen molar-refractivity contribution in [1.29, 1.82) is 0 Å². The predicted octanol–water partition coefficient (Wildman–Crippen LogP) is 3.53. The van der Waals surface area contributed by atoms with E-state index in [1.54, 1.807) is 6.20 Å². The van der Waals surface area contributed by atoms with Crippen LogP contribution < -0.4 is 10.6 Å². The standard InChI is InChI=1S/C14H14ClN3S/c1-10-2-7-13(16-8-10)18-14(19)17-9-11-3-5-12(15)6-4-11/h2-8H,9H2,1H3,(H2,16,17,18,19). The molecule has 2 N–H and O–H groups in total. The van der Waals surface area contributed by atoms with Gasteiger partial charge in [-0.2, -0.15) is 0 Å². The molecule has 1 aromatic heterocycles. The van der Waals surface area contributed by atoms with Crippen molar-refractivity contribution in [3.8, 4) is 0 Å². The number of hydrogen-bond donors (Lipinski definition) is 2. The number of nitrogens with zero attached hydrogens (tertiary/aromatic N) is 1. The summed E-state index contributed by atoms with van der Waals surface area (Å²) in [5.74, 6) is 0.735. The van der Waals surface area contributed by atoms with Gasteiger partial charge in [0, 0.05) is 17.8 Å². The van der Waals surface area contributed by atoms with E-state index >= 15 is 0 Å². The van der Waals surface area contributed by atoms with E-state index in [2.05, 4.69) is 15.6 Å². The van der Waals surface area contributed by atoms with Crippen LogP contribution in [0.4, 0.5) is 5.82 Å². The van der Waals surface area contributed by atoms with Gasteiger partial charge >= 0.3 is 0 Å². The first-order valence-electron chi connectivity index (χ1n) is 5.85. The highest BCUT2D eigenvalue weighted by atomic mass is 35.5. The lowest BCUT2D eigenvalue weighted by molar-refractivity contribution is 0.925. The summed E-state index contributed by atoms with van der Waals surface area (Å²) in [4.78, 5) is 4.23. The summed E-state index contributed by atoms with van der Waals surface area (Å²) in [7, 11) is 0. The SMILES string of the molecule is Cc1ccc(NC(=S)NCc2ccc(Cl)cc2)nc1. The highest BCUT2D eigenvalue weighted by molar-refractivity contribution is 7.80. The van der Waals surface area contributed by atoms with Crippen LogP contribution in [0.3, 0.4) is 0 Å². The van der Waals surface area contributed by atoms with Crippen molar-refractivity contribution >= 4 is 34.7 Å². The smallest absolute Gasteiger partial charge is 0.172 e. The summed E-state index contributed by atoms with van der Waals surface area (Å²) < 4.78 is 0. The average molecular weight is 292 g/mol. The van der Waals surface area contributed by atoms with Gasteiger partial charge in [0.15, 0.2) is 5.11 Å². The molecule has 0 unspecified atom stereocenters. The Labute approximate surface area is 123 Å². The number of rotatable bonds is 3. The quantitative estimate of drug-likeness (QED) is 0.848. The Morgan fingerprint density at radius 3 is 2.58 bits per heavy atom. The summed E-state index contributed by atoms with van der Waals surface area (Å²) in [5.41, 5.74) is 2.23. The van der Waals surface area contributed by atoms with E-state index in [0.717, 1.165) is 22.0 Å². The van der Waals surface area contributed by atoms with E-state index in [-0.39, 0.29) is 0 Å². The highest BCUT2D eigenvalue weighted by Gasteiger charge is 1.99. The fourth-order valence-electron chi connectivity index (χ4n) is 1.49. The molecule has 0 aliphatic heterocycles. The number of benzene rings is 1. The first-order valence-corrected chi connectivity index (χ1v) is 6.64. The van der Waals surface area contributed by atoms with Gasteiger partial charge in [0.1, 0.15) is 5.82 Å². The van der Waals surface area contributed by atoms with Crippen LogP contribution in [-0.4, -0.2) is 10.1 Å². The second-order valence-electron chi connectivity index (χ2n) is 4.15. The molecule has 3 nitrogen and oxygen atoms in total. The molecule has 0 aliphatic carbocycles. The van der Waals surface area contributed by atoms with Crippen LogP contribution in [0, 0.1) is 6.92 Å². The minimum atomic E-state index is 0.548. The Bertz CT molecular complexity index is 552. The van der Waals surface area contributed by atoms with E-state index in [1.807, 2.05) is 43.3 Å². The van der Waals surface area contributed by atoms with Crippen LogP contribution in [0.1, 0.15) is 11.1 Å². The second kappa shape index (κ2) is 6.50. The van der Waals surface area contributed by atoms with Crippen molar-refractivity contribution in [2.45, 2.75) is 13.5 Å². The van der Waals surface area contributed by atoms with E-state index in [0.29, 0.717) is 11.7 Å². The summed E-state index contributed by atoms with van der Waals surface area (Å²) >= 11 is 11.0. The number of anilines is 1. The average Bonchev–Trinajstić information content (AvgIpc) is 2.41. The predicted molar refractivity (Wildman–Crippen MR) is 83.5 cm³/mol. The maximum atomic E-state index is 5.83. The summed E-state index contributed by atoms with van der Waals surface area (Å²) in [5, 5.41) is 7.43. The molecule has 0 bridgehead atoms. The maximum absolute atomic E-state index is 5.83. The molecular formula is C14H14ClN3S. The Kier molecular flexibility index (Phi) is 4.71. The highest BCUT2D eigenvalue weighted by Crippen LogP contribution is 2.09.